The van der Waals surface area contributed by atoms with E-state index >= 15 is 0 Å². The summed E-state index contributed by atoms with van der Waals surface area (Å²) in [5.74, 6) is 0. The van der Waals surface area contributed by atoms with E-state index in [2.05, 4.69) is 203 Å². The second kappa shape index (κ2) is 7.19. The van der Waals surface area contributed by atoms with E-state index in [1.54, 1.807) is 0 Å². The molecule has 0 unspecified atom stereocenters. The van der Waals surface area contributed by atoms with Gasteiger partial charge in [-0.1, -0.05) is 158 Å². The highest BCUT2D eigenvalue weighted by Crippen LogP contribution is 2.69. The highest BCUT2D eigenvalue weighted by Gasteiger charge is 2.66. The summed E-state index contributed by atoms with van der Waals surface area (Å²) in [5, 5.41) is 10.3. The molecule has 14 heavy (non-hydrogen) atoms. The lowest BCUT2D eigenvalue weighted by atomic mass is 10.2. The third-order valence-corrected chi connectivity index (χ3v) is 18.3. The van der Waals surface area contributed by atoms with Crippen molar-refractivity contribution >= 4 is 203 Å². The van der Waals surface area contributed by atoms with Gasteiger partial charge >= 0.3 is 0 Å². The van der Waals surface area contributed by atoms with Crippen LogP contribution in [0.4, 0.5) is 0 Å². The summed E-state index contributed by atoms with van der Waals surface area (Å²) < 4.78 is -1.20. The summed E-state index contributed by atoms with van der Waals surface area (Å²) in [6.07, 6.45) is 0. The average molecular weight is 1210 g/mol. The fraction of sp³-hybridized carbons (Fsp3) is 1.00. The second-order valence-corrected chi connectivity index (χ2v) is 31.1. The molecule has 0 radical (unpaired) electrons. The maximum atomic E-state index is 10.3. The van der Waals surface area contributed by atoms with Gasteiger partial charge in [0.1, 0.15) is 2.29 Å². The summed E-state index contributed by atoms with van der Waals surface area (Å²) in [7, 11) is 0. The van der Waals surface area contributed by atoms with E-state index in [-0.39, 0.29) is 2.29 Å². The maximum absolute atomic E-state index is 10.3. The van der Waals surface area contributed by atoms with Crippen molar-refractivity contribution in [1.82, 2.24) is 0 Å². The van der Waals surface area contributed by atoms with Crippen molar-refractivity contribution < 1.29 is 5.11 Å². The quantitative estimate of drug-likeness (QED) is 0.250. The normalized spacial score (nSPS) is 15.9. The van der Waals surface area contributed by atoms with E-state index < -0.39 is 1.61 Å². The van der Waals surface area contributed by atoms with E-state index in [4.69, 9.17) is 0 Å². The third-order valence-electron chi connectivity index (χ3n) is 1.20. The lowest BCUT2D eigenvalue weighted by Gasteiger charge is -2.47. The second-order valence-electron chi connectivity index (χ2n) is 2.20. The van der Waals surface area contributed by atoms with Crippen LogP contribution in [-0.4, -0.2) is 9.01 Å². The molecular weight excluding hydrogens is 1210 g/mol. The molecule has 0 aromatic rings. The van der Waals surface area contributed by atoms with Crippen molar-refractivity contribution in [2.24, 2.45) is 0 Å². The van der Waals surface area contributed by atoms with Gasteiger partial charge in [0.15, 0.2) is 1.61 Å². The molecule has 0 aliphatic rings. The molecule has 0 amide bonds. The van der Waals surface area contributed by atoms with Crippen LogP contribution in [0.25, 0.3) is 0 Å². The summed E-state index contributed by atoms with van der Waals surface area (Å²) in [6.45, 7) is 0. The average Bonchev–Trinajstić information content (AvgIpc) is 1.77. The van der Waals surface area contributed by atoms with E-state index in [9.17, 15) is 5.11 Å². The highest BCUT2D eigenvalue weighted by molar-refractivity contribution is 14.3. The number of hydrogen-bond acceptors (Lipinski definition) is 1. The Morgan fingerprint density at radius 2 is 0.786 bits per heavy atom. The monoisotopic (exact) mass is 1210 g/mol. The van der Waals surface area contributed by atoms with Crippen molar-refractivity contribution in [2.45, 2.75) is 3.91 Å². The van der Waals surface area contributed by atoms with Crippen LogP contribution in [0, 0.1) is 0 Å². The Hall–Kier alpha value is 6.53. The molecule has 86 valence electrons. The van der Waals surface area contributed by atoms with Gasteiger partial charge in [0, 0.05) is 0 Å². The van der Waals surface area contributed by atoms with Crippen LogP contribution in [-0.2, 0) is 0 Å². The topological polar surface area (TPSA) is 20.2 Å². The van der Waals surface area contributed by atoms with Crippen LogP contribution in [0.1, 0.15) is 0 Å². The SMILES string of the molecule is OC(I)(I)C(I)(C(I)(I)I)C(I)(I)I. The number of halogens is 9. The smallest absolute Gasteiger partial charge is 0.187 e. The lowest BCUT2D eigenvalue weighted by molar-refractivity contribution is 0.237. The van der Waals surface area contributed by atoms with Crippen molar-refractivity contribution in [3.63, 3.8) is 0 Å². The van der Waals surface area contributed by atoms with Crippen molar-refractivity contribution in [3.05, 3.63) is 0 Å². The minimum atomic E-state index is -0.795. The first kappa shape index (κ1) is 20.5. The van der Waals surface area contributed by atoms with E-state index in [0.717, 1.165) is 0 Å². The Kier molecular flexibility index (Phi) is 10.6. The van der Waals surface area contributed by atoms with E-state index in [1.165, 1.54) is 0 Å². The molecule has 0 aromatic carbocycles. The molecule has 0 saturated heterocycles. The lowest BCUT2D eigenvalue weighted by Crippen LogP contribution is -2.57. The molecule has 10 heteroatoms. The fourth-order valence-corrected chi connectivity index (χ4v) is 17.7. The molecule has 0 aliphatic carbocycles. The maximum Gasteiger partial charge on any atom is 0.187 e. The third kappa shape index (κ3) is 5.06. The van der Waals surface area contributed by atoms with Gasteiger partial charge in [-0.3, -0.25) is 0 Å². The molecule has 0 saturated carbocycles. The van der Waals surface area contributed by atoms with Crippen molar-refractivity contribution in [2.75, 3.05) is 0 Å². The van der Waals surface area contributed by atoms with Crippen LogP contribution in [0.5, 0.6) is 0 Å². The summed E-state index contributed by atoms with van der Waals surface area (Å²) >= 11 is 20.9. The van der Waals surface area contributed by atoms with Crippen molar-refractivity contribution in [3.8, 4) is 0 Å². The molecule has 0 spiro atoms. The molecule has 1 N–H and O–H groups in total. The Morgan fingerprint density at radius 3 is 0.786 bits per heavy atom. The standard InChI is InChI=1S/C4HI9O/c5-1(2(6,7)8,3(9,10)11)4(12,13)14/h14H. The predicted octanol–water partition coefficient (Wildman–Crippen LogP) is 6.59. The van der Waals surface area contributed by atoms with Gasteiger partial charge in [-0.15, -0.1) is 0 Å². The molecule has 0 aliphatic heterocycles. The molecule has 0 heterocycles. The number of alkyl halides is 9. The largest absolute Gasteiger partial charge is 0.369 e. The first-order valence-electron chi connectivity index (χ1n) is 2.67. The Balaban J connectivity index is 5.54. The Morgan fingerprint density at radius 1 is 0.571 bits per heavy atom. The van der Waals surface area contributed by atoms with Gasteiger partial charge in [0.2, 0.25) is 0 Å². The molecule has 0 rings (SSSR count). The van der Waals surface area contributed by atoms with Gasteiger partial charge in [0.05, 0.1) is 0 Å². The molecular formula is C4HI9O. The van der Waals surface area contributed by atoms with Crippen LogP contribution in [0.15, 0.2) is 0 Å². The van der Waals surface area contributed by atoms with Gasteiger partial charge in [-0.25, -0.2) is 0 Å². The zero-order valence-corrected chi connectivity index (χ0v) is 25.3. The van der Waals surface area contributed by atoms with E-state index in [1.807, 2.05) is 0 Å². The molecule has 0 aromatic heterocycles. The molecule has 1 nitrogen and oxygen atoms in total. The van der Waals surface area contributed by atoms with Crippen LogP contribution < -0.4 is 0 Å². The van der Waals surface area contributed by atoms with Gasteiger partial charge in [0.25, 0.3) is 0 Å². The minimum Gasteiger partial charge on any atom is -0.369 e. The van der Waals surface area contributed by atoms with Crippen LogP contribution in [0.2, 0.25) is 0 Å². The summed E-state index contributed by atoms with van der Waals surface area (Å²) in [5.41, 5.74) is 0. The van der Waals surface area contributed by atoms with Crippen molar-refractivity contribution in [1.29, 1.82) is 0 Å². The molecule has 0 bridgehead atoms. The van der Waals surface area contributed by atoms with Crippen LogP contribution in [0.3, 0.4) is 0 Å². The zero-order chi connectivity index (χ0) is 12.0. The van der Waals surface area contributed by atoms with Crippen LogP contribution >= 0.6 is 203 Å². The fourth-order valence-electron chi connectivity index (χ4n) is 0.502. The predicted molar refractivity (Wildman–Crippen MR) is 139 cm³/mol. The number of hydrogen-bond donors (Lipinski definition) is 1. The highest BCUT2D eigenvalue weighted by atomic mass is 127. The molecule has 0 fully saturated rings. The number of rotatable bonds is 3. The molecule has 0 atom stereocenters. The summed E-state index contributed by atoms with van der Waals surface area (Å²) in [6, 6.07) is 0. The summed E-state index contributed by atoms with van der Waals surface area (Å²) in [4.78, 5) is 0. The van der Waals surface area contributed by atoms with Gasteiger partial charge in [-0.05, 0) is 45.2 Å². The van der Waals surface area contributed by atoms with E-state index in [0.29, 0.717) is 0 Å². The Labute approximate surface area is 206 Å². The zero-order valence-electron chi connectivity index (χ0n) is 5.85. The van der Waals surface area contributed by atoms with Gasteiger partial charge < -0.3 is 5.11 Å². The first-order chi connectivity index (χ1) is 5.75. The number of aliphatic hydroxyl groups is 1. The Bertz CT molecular complexity index is 170. The minimum absolute atomic E-state index is 0.0679. The first-order valence-corrected chi connectivity index (χ1v) is 12.4. The van der Waals surface area contributed by atoms with Gasteiger partial charge in [-0.2, -0.15) is 0 Å².